The van der Waals surface area contributed by atoms with Gasteiger partial charge >= 0.3 is 0 Å². The topological polar surface area (TPSA) is 81.0 Å². The number of fused-ring (bicyclic) bond motifs is 1. The highest BCUT2D eigenvalue weighted by Crippen LogP contribution is 2.60. The molecular formula is C37H53NO4. The number of hydrogen-bond donors (Lipinski definition) is 3. The van der Waals surface area contributed by atoms with Crippen LogP contribution in [0.2, 0.25) is 0 Å². The molecule has 0 aromatic heterocycles. The van der Waals surface area contributed by atoms with Crippen molar-refractivity contribution in [3.8, 4) is 0 Å². The predicted octanol–water partition coefficient (Wildman–Crippen LogP) is 6.53. The van der Waals surface area contributed by atoms with Crippen LogP contribution < -0.4 is 0 Å². The van der Waals surface area contributed by atoms with Gasteiger partial charge < -0.3 is 20.2 Å². The maximum Gasteiger partial charge on any atom is 0.254 e. The van der Waals surface area contributed by atoms with Crippen LogP contribution in [0.15, 0.2) is 65.8 Å². The van der Waals surface area contributed by atoms with Gasteiger partial charge in [-0.15, -0.1) is 0 Å². The van der Waals surface area contributed by atoms with Crippen molar-refractivity contribution in [1.82, 2.24) is 4.90 Å². The lowest BCUT2D eigenvalue weighted by Gasteiger charge is -2.45. The number of likely N-dealkylation sites (tertiary alicyclic amines) is 1. The Labute approximate surface area is 253 Å². The van der Waals surface area contributed by atoms with Crippen LogP contribution in [0.5, 0.6) is 0 Å². The van der Waals surface area contributed by atoms with Crippen LogP contribution in [0.4, 0.5) is 0 Å². The van der Waals surface area contributed by atoms with E-state index < -0.39 is 17.8 Å². The van der Waals surface area contributed by atoms with Gasteiger partial charge in [0.05, 0.1) is 12.2 Å². The van der Waals surface area contributed by atoms with Gasteiger partial charge in [0.15, 0.2) is 0 Å². The Bertz CT molecular complexity index is 1190. The first-order valence-electron chi connectivity index (χ1n) is 16.5. The van der Waals surface area contributed by atoms with Crippen molar-refractivity contribution >= 4 is 5.91 Å². The van der Waals surface area contributed by atoms with Crippen LogP contribution in [-0.4, -0.2) is 56.5 Å². The van der Waals surface area contributed by atoms with Gasteiger partial charge in [-0.25, -0.2) is 0 Å². The molecule has 5 rings (SSSR count). The minimum absolute atomic E-state index is 0.0922. The molecule has 4 aliphatic rings. The summed E-state index contributed by atoms with van der Waals surface area (Å²) in [4.78, 5) is 15.2. The number of hydrogen-bond acceptors (Lipinski definition) is 4. The van der Waals surface area contributed by atoms with Crippen molar-refractivity contribution in [2.75, 3.05) is 6.54 Å². The van der Waals surface area contributed by atoms with E-state index in [4.69, 9.17) is 0 Å². The molecule has 5 heteroatoms. The molecule has 1 amide bonds. The molecule has 1 aliphatic heterocycles. The van der Waals surface area contributed by atoms with E-state index in [0.29, 0.717) is 37.0 Å². The largest absolute Gasteiger partial charge is 0.393 e. The van der Waals surface area contributed by atoms with E-state index in [2.05, 4.69) is 56.8 Å². The lowest BCUT2D eigenvalue weighted by Crippen LogP contribution is -2.41. The number of carbonyl (C=O) groups excluding carboxylic acids is 1. The summed E-state index contributed by atoms with van der Waals surface area (Å²) in [7, 11) is 0. The van der Waals surface area contributed by atoms with Gasteiger partial charge in [0.1, 0.15) is 5.60 Å². The molecule has 1 aromatic carbocycles. The van der Waals surface area contributed by atoms with Crippen LogP contribution in [0.3, 0.4) is 0 Å². The third-order valence-electron chi connectivity index (χ3n) is 11.4. The van der Waals surface area contributed by atoms with Gasteiger partial charge in [-0.3, -0.25) is 4.79 Å². The Morgan fingerprint density at radius 1 is 1.12 bits per heavy atom. The molecule has 42 heavy (non-hydrogen) atoms. The zero-order valence-corrected chi connectivity index (χ0v) is 26.1. The summed E-state index contributed by atoms with van der Waals surface area (Å²) in [6, 6.07) is 10.6. The Hall–Kier alpha value is -2.21. The fourth-order valence-corrected chi connectivity index (χ4v) is 9.15. The predicted molar refractivity (Wildman–Crippen MR) is 169 cm³/mol. The smallest absolute Gasteiger partial charge is 0.254 e. The van der Waals surface area contributed by atoms with Crippen molar-refractivity contribution in [2.24, 2.45) is 23.2 Å². The van der Waals surface area contributed by atoms with Crippen molar-refractivity contribution in [1.29, 1.82) is 0 Å². The fraction of sp³-hybridized carbons (Fsp3) is 0.649. The lowest BCUT2D eigenvalue weighted by molar-refractivity contribution is -0.142. The molecule has 1 aromatic rings. The van der Waals surface area contributed by atoms with Crippen LogP contribution in [-0.2, 0) is 11.2 Å². The molecule has 0 bridgehead atoms. The van der Waals surface area contributed by atoms with Crippen LogP contribution in [0, 0.1) is 23.2 Å². The van der Waals surface area contributed by atoms with Gasteiger partial charge in [0.2, 0.25) is 0 Å². The normalized spacial score (nSPS) is 38.0. The highest BCUT2D eigenvalue weighted by molar-refractivity contribution is 5.87. The molecule has 5 nitrogen and oxygen atoms in total. The number of aliphatic hydroxyl groups excluding tert-OH is 2. The van der Waals surface area contributed by atoms with Gasteiger partial charge in [-0.05, 0) is 111 Å². The third kappa shape index (κ3) is 6.49. The van der Waals surface area contributed by atoms with Crippen LogP contribution in [0.25, 0.3) is 0 Å². The average Bonchev–Trinajstić information content (AvgIpc) is 3.41. The molecule has 1 saturated heterocycles. The molecule has 3 saturated carbocycles. The zero-order valence-electron chi connectivity index (χ0n) is 26.1. The molecule has 0 unspecified atom stereocenters. The summed E-state index contributed by atoms with van der Waals surface area (Å²) in [5.74, 6) is 1.52. The molecule has 1 heterocycles. The van der Waals surface area contributed by atoms with Gasteiger partial charge in [-0.2, -0.15) is 0 Å². The number of amides is 1. The summed E-state index contributed by atoms with van der Waals surface area (Å²) in [5.41, 5.74) is 3.54. The average molecular weight is 576 g/mol. The number of aryl methyl sites for hydroxylation is 1. The third-order valence-corrected chi connectivity index (χ3v) is 11.4. The first-order valence-corrected chi connectivity index (χ1v) is 16.5. The maximum absolute atomic E-state index is 13.2. The molecule has 8 atom stereocenters. The van der Waals surface area contributed by atoms with Gasteiger partial charge in [0, 0.05) is 25.4 Å². The molecular weight excluding hydrogens is 522 g/mol. The standard InChI is InChI=1S/C37H53NO4/c1-25(21-30-24-37(4,42)35(41)38(30)20-9-8-13-27-11-6-5-7-12-27)32-17-18-33-28(14-10-19-36(32,33)3)15-16-29-22-31(39)23-34(40)26(29)2/h5-7,11-12,15-16,25,30-34,39-40,42H,2,8-10,13-14,17-24H2,1,3-4H3/b28-15-,29-16-/t25-,30+,31-,32-,33+,34+,36-,37+/m1/s1. The van der Waals surface area contributed by atoms with Crippen molar-refractivity contribution in [3.63, 3.8) is 0 Å². The minimum Gasteiger partial charge on any atom is -0.393 e. The lowest BCUT2D eigenvalue weighted by atomic mass is 9.60. The van der Waals surface area contributed by atoms with E-state index in [1.54, 1.807) is 6.92 Å². The summed E-state index contributed by atoms with van der Waals surface area (Å²) < 4.78 is 0. The first kappa shape index (κ1) is 31.2. The van der Waals surface area contributed by atoms with Crippen molar-refractivity contribution in [2.45, 2.75) is 122 Å². The fourth-order valence-electron chi connectivity index (χ4n) is 9.15. The maximum atomic E-state index is 13.2. The number of rotatable bonds is 9. The number of nitrogens with zero attached hydrogens (tertiary/aromatic N) is 1. The van der Waals surface area contributed by atoms with E-state index >= 15 is 0 Å². The quantitative estimate of drug-likeness (QED) is 0.293. The Kier molecular flexibility index (Phi) is 9.51. The summed E-state index contributed by atoms with van der Waals surface area (Å²) in [6.07, 6.45) is 14.6. The second-order valence-corrected chi connectivity index (χ2v) is 14.5. The Morgan fingerprint density at radius 2 is 1.88 bits per heavy atom. The van der Waals surface area contributed by atoms with E-state index in [0.717, 1.165) is 49.8 Å². The first-order chi connectivity index (χ1) is 20.0. The molecule has 4 fully saturated rings. The summed E-state index contributed by atoms with van der Waals surface area (Å²) >= 11 is 0. The molecule has 230 valence electrons. The second kappa shape index (κ2) is 12.8. The highest BCUT2D eigenvalue weighted by atomic mass is 16.3. The summed E-state index contributed by atoms with van der Waals surface area (Å²) in [6.45, 7) is 11.4. The molecule has 0 spiro atoms. The SMILES string of the molecule is C=C1/C(=C\C=C2\CCC[C@]3(C)[C@@H]([C@H](C)C[C@H]4C[C@](C)(O)C(=O)N4CCCCc4ccccc4)CC[C@@H]23)C[C@@H](O)C[C@@H]1O. The zero-order chi connectivity index (χ0) is 30.1. The highest BCUT2D eigenvalue weighted by Gasteiger charge is 2.53. The molecule has 3 N–H and O–H groups in total. The number of unbranched alkanes of at least 4 members (excludes halogenated alkanes) is 1. The number of aliphatic hydroxyl groups is 3. The van der Waals surface area contributed by atoms with E-state index in [-0.39, 0.29) is 17.4 Å². The van der Waals surface area contributed by atoms with Crippen molar-refractivity contribution < 1.29 is 20.1 Å². The monoisotopic (exact) mass is 575 g/mol. The number of allylic oxidation sites excluding steroid dienone is 3. The Morgan fingerprint density at radius 3 is 2.64 bits per heavy atom. The van der Waals surface area contributed by atoms with Crippen molar-refractivity contribution in [3.05, 3.63) is 71.3 Å². The minimum atomic E-state index is -1.26. The van der Waals surface area contributed by atoms with E-state index in [9.17, 15) is 20.1 Å². The van der Waals surface area contributed by atoms with Gasteiger partial charge in [-0.1, -0.05) is 68.5 Å². The number of benzene rings is 1. The summed E-state index contributed by atoms with van der Waals surface area (Å²) in [5, 5.41) is 31.4. The van der Waals surface area contributed by atoms with E-state index in [1.165, 1.54) is 36.8 Å². The second-order valence-electron chi connectivity index (χ2n) is 14.5. The number of carbonyl (C=O) groups is 1. The molecule has 0 radical (unpaired) electrons. The van der Waals surface area contributed by atoms with E-state index in [1.807, 2.05) is 11.0 Å². The van der Waals surface area contributed by atoms with Crippen LogP contribution in [0.1, 0.15) is 97.0 Å². The molecule has 3 aliphatic carbocycles. The van der Waals surface area contributed by atoms with Crippen LogP contribution >= 0.6 is 0 Å². The van der Waals surface area contributed by atoms with Gasteiger partial charge in [0.25, 0.3) is 5.91 Å². The Balaban J connectivity index is 1.23.